The molecule has 0 fully saturated rings. The van der Waals surface area contributed by atoms with Crippen molar-refractivity contribution in [2.24, 2.45) is 0 Å². The maximum absolute atomic E-state index is 12.2. The number of benzene rings is 1. The number of aryl methyl sites for hydroxylation is 1. The minimum absolute atomic E-state index is 0.0863. The van der Waals surface area contributed by atoms with Crippen molar-refractivity contribution in [1.82, 2.24) is 14.5 Å². The second kappa shape index (κ2) is 9.67. The Morgan fingerprint density at radius 3 is 2.48 bits per heavy atom. The molecule has 3 aromatic rings. The lowest BCUT2D eigenvalue weighted by molar-refractivity contribution is -0.117. The number of sulfonamides is 1. The first-order valence-electron chi connectivity index (χ1n) is 9.30. The van der Waals surface area contributed by atoms with Crippen LogP contribution in [0, 0.1) is 0 Å². The van der Waals surface area contributed by atoms with Gasteiger partial charge in [0.25, 0.3) is 15.6 Å². The number of hydrogen-bond donors (Lipinski definition) is 2. The van der Waals surface area contributed by atoms with E-state index in [-0.39, 0.29) is 22.8 Å². The first kappa shape index (κ1) is 22.4. The van der Waals surface area contributed by atoms with E-state index in [4.69, 9.17) is 0 Å². The topological polar surface area (TPSA) is 127 Å². The predicted octanol–water partition coefficient (Wildman–Crippen LogP) is 2.22. The third-order valence-corrected chi connectivity index (χ3v) is 6.48. The Morgan fingerprint density at radius 1 is 1.10 bits per heavy atom. The number of rotatable bonds is 8. The fraction of sp³-hybridized carbons (Fsp3) is 0.200. The summed E-state index contributed by atoms with van der Waals surface area (Å²) < 4.78 is 27.1. The van der Waals surface area contributed by atoms with E-state index in [2.05, 4.69) is 10.4 Å². The normalized spacial score (nSPS) is 11.1. The van der Waals surface area contributed by atoms with Crippen molar-refractivity contribution in [1.29, 1.82) is 0 Å². The Kier molecular flexibility index (Phi) is 6.98. The zero-order valence-corrected chi connectivity index (χ0v) is 18.2. The maximum atomic E-state index is 12.2. The van der Waals surface area contributed by atoms with Crippen LogP contribution in [0.3, 0.4) is 0 Å². The molecule has 0 saturated heterocycles. The smallest absolute Gasteiger partial charge is 0.266 e. The van der Waals surface area contributed by atoms with Crippen molar-refractivity contribution in [3.8, 4) is 10.6 Å². The quantitative estimate of drug-likeness (QED) is 0.531. The number of hydrogen-bond acceptors (Lipinski definition) is 7. The first-order valence-corrected chi connectivity index (χ1v) is 11.7. The Morgan fingerprint density at radius 2 is 1.84 bits per heavy atom. The molecule has 162 valence electrons. The summed E-state index contributed by atoms with van der Waals surface area (Å²) >= 11 is 1.53. The van der Waals surface area contributed by atoms with Gasteiger partial charge in [-0.25, -0.2) is 17.8 Å². The molecule has 0 bridgehead atoms. The number of nitrogens with one attached hydrogen (secondary N) is 2. The molecule has 2 amide bonds. The van der Waals surface area contributed by atoms with Crippen molar-refractivity contribution in [3.05, 3.63) is 64.3 Å². The standard InChI is InChI=1S/C20H20N4O5S2/c1-14(25)23-31(28,29)16-8-6-15(7-9-16)21-19(26)5-2-12-24-20(27)11-10-17(22-24)18-4-3-13-30-18/h3-4,6-11,13H,2,5,12H2,1H3,(H,21,26)(H,23,25). The van der Waals surface area contributed by atoms with E-state index in [1.54, 1.807) is 6.07 Å². The molecule has 11 heteroatoms. The molecule has 1 aromatic carbocycles. The van der Waals surface area contributed by atoms with Gasteiger partial charge in [0.15, 0.2) is 0 Å². The largest absolute Gasteiger partial charge is 0.326 e. The third-order valence-electron chi connectivity index (χ3n) is 4.14. The molecule has 3 rings (SSSR count). The van der Waals surface area contributed by atoms with E-state index in [0.29, 0.717) is 24.3 Å². The van der Waals surface area contributed by atoms with Crippen LogP contribution in [-0.2, 0) is 26.2 Å². The monoisotopic (exact) mass is 460 g/mol. The molecule has 0 atom stereocenters. The van der Waals surface area contributed by atoms with Gasteiger partial charge in [-0.1, -0.05) is 6.07 Å². The second-order valence-corrected chi connectivity index (χ2v) is 9.23. The predicted molar refractivity (Wildman–Crippen MR) is 117 cm³/mol. The molecule has 0 radical (unpaired) electrons. The summed E-state index contributed by atoms with van der Waals surface area (Å²) in [7, 11) is -3.92. The van der Waals surface area contributed by atoms with Crippen LogP contribution in [0.15, 0.2) is 63.6 Å². The number of carbonyl (C=O) groups is 2. The van der Waals surface area contributed by atoms with Crippen molar-refractivity contribution in [2.75, 3.05) is 5.32 Å². The molecule has 9 nitrogen and oxygen atoms in total. The summed E-state index contributed by atoms with van der Waals surface area (Å²) in [4.78, 5) is 36.0. The highest BCUT2D eigenvalue weighted by molar-refractivity contribution is 7.90. The van der Waals surface area contributed by atoms with Gasteiger partial charge in [0, 0.05) is 31.6 Å². The van der Waals surface area contributed by atoms with E-state index in [1.807, 2.05) is 22.2 Å². The molecular weight excluding hydrogens is 440 g/mol. The Balaban J connectivity index is 1.55. The van der Waals surface area contributed by atoms with Crippen LogP contribution < -0.4 is 15.6 Å². The van der Waals surface area contributed by atoms with Crippen molar-refractivity contribution < 1.29 is 18.0 Å². The Labute approximate surface area is 182 Å². The summed E-state index contributed by atoms with van der Waals surface area (Å²) in [6.07, 6.45) is 0.560. The Bertz CT molecular complexity index is 1230. The summed E-state index contributed by atoms with van der Waals surface area (Å²) in [5.74, 6) is -0.966. The molecule has 0 aliphatic rings. The van der Waals surface area contributed by atoms with Gasteiger partial charge in [-0.3, -0.25) is 14.4 Å². The van der Waals surface area contributed by atoms with E-state index < -0.39 is 15.9 Å². The average Bonchev–Trinajstić information content (AvgIpc) is 3.24. The van der Waals surface area contributed by atoms with Gasteiger partial charge in [0.05, 0.1) is 9.77 Å². The summed E-state index contributed by atoms with van der Waals surface area (Å²) in [6, 6.07) is 12.4. The van der Waals surface area contributed by atoms with Crippen molar-refractivity contribution >= 4 is 38.9 Å². The number of aromatic nitrogens is 2. The number of amides is 2. The lowest BCUT2D eigenvalue weighted by Gasteiger charge is -2.08. The fourth-order valence-corrected chi connectivity index (χ4v) is 4.42. The minimum Gasteiger partial charge on any atom is -0.326 e. The molecule has 0 aliphatic heterocycles. The van der Waals surface area contributed by atoms with Crippen LogP contribution in [0.1, 0.15) is 19.8 Å². The van der Waals surface area contributed by atoms with Gasteiger partial charge in [-0.2, -0.15) is 5.10 Å². The van der Waals surface area contributed by atoms with Crippen LogP contribution in [-0.4, -0.2) is 30.0 Å². The van der Waals surface area contributed by atoms with Crippen LogP contribution in [0.2, 0.25) is 0 Å². The molecule has 0 aliphatic carbocycles. The number of thiophene rings is 1. The Hall–Kier alpha value is -3.31. The van der Waals surface area contributed by atoms with Crippen LogP contribution in [0.4, 0.5) is 5.69 Å². The van der Waals surface area contributed by atoms with Gasteiger partial charge >= 0.3 is 0 Å². The highest BCUT2D eigenvalue weighted by Gasteiger charge is 2.15. The first-order chi connectivity index (χ1) is 14.7. The maximum Gasteiger partial charge on any atom is 0.266 e. The van der Waals surface area contributed by atoms with E-state index in [1.165, 1.54) is 46.4 Å². The van der Waals surface area contributed by atoms with Crippen molar-refractivity contribution in [3.63, 3.8) is 0 Å². The van der Waals surface area contributed by atoms with Gasteiger partial charge in [0.2, 0.25) is 11.8 Å². The van der Waals surface area contributed by atoms with Crippen LogP contribution in [0.25, 0.3) is 10.6 Å². The molecule has 0 unspecified atom stereocenters. The number of carbonyl (C=O) groups excluding carboxylic acids is 2. The van der Waals surface area contributed by atoms with Crippen LogP contribution >= 0.6 is 11.3 Å². The fourth-order valence-electron chi connectivity index (χ4n) is 2.74. The van der Waals surface area contributed by atoms with Gasteiger partial charge < -0.3 is 5.32 Å². The van der Waals surface area contributed by atoms with E-state index in [0.717, 1.165) is 11.8 Å². The zero-order chi connectivity index (χ0) is 22.4. The third kappa shape index (κ3) is 6.09. The molecule has 0 spiro atoms. The van der Waals surface area contributed by atoms with Crippen LogP contribution in [0.5, 0.6) is 0 Å². The summed E-state index contributed by atoms with van der Waals surface area (Å²) in [6.45, 7) is 1.40. The highest BCUT2D eigenvalue weighted by Crippen LogP contribution is 2.21. The highest BCUT2D eigenvalue weighted by atomic mass is 32.2. The molecule has 31 heavy (non-hydrogen) atoms. The zero-order valence-electron chi connectivity index (χ0n) is 16.6. The average molecular weight is 461 g/mol. The lowest BCUT2D eigenvalue weighted by atomic mass is 10.2. The summed E-state index contributed by atoms with van der Waals surface area (Å²) in [5.41, 5.74) is 0.881. The van der Waals surface area contributed by atoms with E-state index in [9.17, 15) is 22.8 Å². The van der Waals surface area contributed by atoms with Gasteiger partial charge in [-0.15, -0.1) is 11.3 Å². The van der Waals surface area contributed by atoms with E-state index >= 15 is 0 Å². The summed E-state index contributed by atoms with van der Waals surface area (Å²) in [5, 5.41) is 8.94. The lowest BCUT2D eigenvalue weighted by Crippen LogP contribution is -2.28. The number of nitrogens with zero attached hydrogens (tertiary/aromatic N) is 2. The molecule has 2 aromatic heterocycles. The molecule has 0 saturated carbocycles. The SMILES string of the molecule is CC(=O)NS(=O)(=O)c1ccc(NC(=O)CCCn2nc(-c3cccs3)ccc2=O)cc1. The molecular formula is C20H20N4O5S2. The van der Waals surface area contributed by atoms with Gasteiger partial charge in [-0.05, 0) is 48.2 Å². The molecule has 2 N–H and O–H groups in total. The molecule has 2 heterocycles. The van der Waals surface area contributed by atoms with Gasteiger partial charge in [0.1, 0.15) is 5.69 Å². The second-order valence-electron chi connectivity index (χ2n) is 6.60. The van der Waals surface area contributed by atoms with Crippen molar-refractivity contribution in [2.45, 2.75) is 31.2 Å². The minimum atomic E-state index is -3.92. The number of anilines is 1.